The molecule has 1 unspecified atom stereocenters. The first-order chi connectivity index (χ1) is 11.8. The maximum Gasteiger partial charge on any atom is 0.416 e. The lowest BCUT2D eigenvalue weighted by molar-refractivity contribution is -0.137. The van der Waals surface area contributed by atoms with Crippen LogP contribution < -0.4 is 10.6 Å². The molecule has 1 aromatic heterocycles. The number of benzene rings is 1. The van der Waals surface area contributed by atoms with Gasteiger partial charge in [-0.05, 0) is 24.6 Å². The van der Waals surface area contributed by atoms with Gasteiger partial charge in [-0.15, -0.1) is 0 Å². The van der Waals surface area contributed by atoms with E-state index in [1.165, 1.54) is 24.5 Å². The summed E-state index contributed by atoms with van der Waals surface area (Å²) >= 11 is 0. The molecule has 0 radical (unpaired) electrons. The number of halogens is 3. The number of alkyl halides is 3. The second-order valence-corrected chi connectivity index (χ2v) is 5.17. The van der Waals surface area contributed by atoms with E-state index in [1.807, 2.05) is 6.92 Å². The van der Waals surface area contributed by atoms with Gasteiger partial charge in [0.25, 0.3) is 5.91 Å². The number of carbonyl (C=O) groups is 1. The Hall–Kier alpha value is -2.68. The van der Waals surface area contributed by atoms with E-state index >= 15 is 0 Å². The van der Waals surface area contributed by atoms with E-state index in [2.05, 4.69) is 20.6 Å². The zero-order valence-corrected chi connectivity index (χ0v) is 13.3. The Morgan fingerprint density at radius 3 is 2.56 bits per heavy atom. The van der Waals surface area contributed by atoms with Crippen LogP contribution in [0.15, 0.2) is 36.7 Å². The van der Waals surface area contributed by atoms with E-state index in [4.69, 9.17) is 0 Å². The van der Waals surface area contributed by atoms with Crippen LogP contribution in [0.2, 0.25) is 0 Å². The third kappa shape index (κ3) is 5.15. The predicted octanol–water partition coefficient (Wildman–Crippen LogP) is 2.39. The van der Waals surface area contributed by atoms with Crippen LogP contribution in [0.1, 0.15) is 34.5 Å². The van der Waals surface area contributed by atoms with Crippen molar-refractivity contribution in [3.63, 3.8) is 0 Å². The van der Waals surface area contributed by atoms with Gasteiger partial charge in [-0.2, -0.15) is 13.2 Å². The SMILES string of the molecule is CCNc1ncc(C(=O)NCC(O)c2cccc(C(F)(F)F)c2)cn1. The number of carbonyl (C=O) groups excluding carboxylic acids is 1. The Morgan fingerprint density at radius 1 is 1.28 bits per heavy atom. The number of aromatic nitrogens is 2. The van der Waals surface area contributed by atoms with Gasteiger partial charge in [-0.3, -0.25) is 4.79 Å². The number of hydrogen-bond acceptors (Lipinski definition) is 5. The quantitative estimate of drug-likeness (QED) is 0.741. The van der Waals surface area contributed by atoms with Gasteiger partial charge in [-0.25, -0.2) is 9.97 Å². The number of hydrogen-bond donors (Lipinski definition) is 3. The molecular formula is C16H17F3N4O2. The molecule has 134 valence electrons. The molecule has 1 heterocycles. The van der Waals surface area contributed by atoms with Crippen LogP contribution in [0.4, 0.5) is 19.1 Å². The fourth-order valence-electron chi connectivity index (χ4n) is 2.03. The molecule has 6 nitrogen and oxygen atoms in total. The van der Waals surface area contributed by atoms with Crippen molar-refractivity contribution in [3.8, 4) is 0 Å². The van der Waals surface area contributed by atoms with Gasteiger partial charge in [0, 0.05) is 25.5 Å². The Morgan fingerprint density at radius 2 is 1.96 bits per heavy atom. The smallest absolute Gasteiger partial charge is 0.387 e. The minimum atomic E-state index is -4.50. The molecule has 0 aliphatic carbocycles. The van der Waals surface area contributed by atoms with E-state index in [-0.39, 0.29) is 17.7 Å². The van der Waals surface area contributed by atoms with Crippen molar-refractivity contribution in [1.82, 2.24) is 15.3 Å². The number of anilines is 1. The minimum absolute atomic E-state index is 0.0638. The van der Waals surface area contributed by atoms with Crippen LogP contribution >= 0.6 is 0 Å². The van der Waals surface area contributed by atoms with Crippen molar-refractivity contribution in [1.29, 1.82) is 0 Å². The molecule has 0 bridgehead atoms. The highest BCUT2D eigenvalue weighted by Crippen LogP contribution is 2.30. The van der Waals surface area contributed by atoms with E-state index in [0.717, 1.165) is 12.1 Å². The summed E-state index contributed by atoms with van der Waals surface area (Å²) in [5.41, 5.74) is -0.616. The summed E-state index contributed by atoms with van der Waals surface area (Å²) in [7, 11) is 0. The standard InChI is InChI=1S/C16H17F3N4O2/c1-2-20-15-22-7-11(8-23-15)14(25)21-9-13(24)10-4-3-5-12(6-10)16(17,18)19/h3-8,13,24H,2,9H2,1H3,(H,21,25)(H,20,22,23). The molecule has 9 heteroatoms. The van der Waals surface area contributed by atoms with Crippen LogP contribution in [0.25, 0.3) is 0 Å². The van der Waals surface area contributed by atoms with Crippen molar-refractivity contribution in [2.24, 2.45) is 0 Å². The van der Waals surface area contributed by atoms with Gasteiger partial charge in [-0.1, -0.05) is 12.1 Å². The Balaban J connectivity index is 1.97. The van der Waals surface area contributed by atoms with Crippen molar-refractivity contribution < 1.29 is 23.1 Å². The molecule has 0 saturated heterocycles. The molecule has 0 fully saturated rings. The first-order valence-electron chi connectivity index (χ1n) is 7.50. The van der Waals surface area contributed by atoms with Crippen molar-refractivity contribution >= 4 is 11.9 Å². The van der Waals surface area contributed by atoms with Crippen molar-refractivity contribution in [3.05, 3.63) is 53.3 Å². The lowest BCUT2D eigenvalue weighted by Gasteiger charge is -2.14. The van der Waals surface area contributed by atoms with Gasteiger partial charge in [0.05, 0.1) is 17.2 Å². The highest BCUT2D eigenvalue weighted by Gasteiger charge is 2.30. The largest absolute Gasteiger partial charge is 0.416 e. The lowest BCUT2D eigenvalue weighted by atomic mass is 10.1. The second-order valence-electron chi connectivity index (χ2n) is 5.17. The average molecular weight is 354 g/mol. The molecule has 1 amide bonds. The Bertz CT molecular complexity index is 720. The number of rotatable bonds is 6. The van der Waals surface area contributed by atoms with E-state index in [0.29, 0.717) is 12.5 Å². The summed E-state index contributed by atoms with van der Waals surface area (Å²) in [4.78, 5) is 19.9. The minimum Gasteiger partial charge on any atom is -0.387 e. The molecule has 2 rings (SSSR count). The number of aliphatic hydroxyl groups is 1. The average Bonchev–Trinajstić information content (AvgIpc) is 2.59. The Kier molecular flexibility index (Phi) is 5.92. The first kappa shape index (κ1) is 18.7. The summed E-state index contributed by atoms with van der Waals surface area (Å²) in [6.45, 7) is 2.27. The Labute approximate surface area is 142 Å². The molecule has 0 aliphatic rings. The van der Waals surface area contributed by atoms with E-state index in [9.17, 15) is 23.1 Å². The zero-order chi connectivity index (χ0) is 18.4. The normalized spacial score (nSPS) is 12.5. The third-order valence-corrected chi connectivity index (χ3v) is 3.30. The molecule has 0 aliphatic heterocycles. The highest BCUT2D eigenvalue weighted by molar-refractivity contribution is 5.93. The fourth-order valence-corrected chi connectivity index (χ4v) is 2.03. The first-order valence-corrected chi connectivity index (χ1v) is 7.50. The fraction of sp³-hybridized carbons (Fsp3) is 0.312. The maximum atomic E-state index is 12.7. The van der Waals surface area contributed by atoms with E-state index in [1.54, 1.807) is 0 Å². The van der Waals surface area contributed by atoms with Gasteiger partial charge < -0.3 is 15.7 Å². The monoisotopic (exact) mass is 354 g/mol. The summed E-state index contributed by atoms with van der Waals surface area (Å²) < 4.78 is 38.1. The van der Waals surface area contributed by atoms with E-state index < -0.39 is 23.8 Å². The topological polar surface area (TPSA) is 87.1 Å². The molecule has 1 atom stereocenters. The number of aliphatic hydroxyl groups excluding tert-OH is 1. The second kappa shape index (κ2) is 7.93. The van der Waals surface area contributed by atoms with Crippen LogP contribution in [-0.4, -0.2) is 34.1 Å². The van der Waals surface area contributed by atoms with Crippen molar-refractivity contribution in [2.45, 2.75) is 19.2 Å². The maximum absolute atomic E-state index is 12.7. The van der Waals surface area contributed by atoms with Crippen LogP contribution in [0.5, 0.6) is 0 Å². The summed E-state index contributed by atoms with van der Waals surface area (Å²) in [6, 6.07) is 4.33. The molecule has 25 heavy (non-hydrogen) atoms. The summed E-state index contributed by atoms with van der Waals surface area (Å²) in [5.74, 6) is -0.155. The number of nitrogens with one attached hydrogen (secondary N) is 2. The predicted molar refractivity (Wildman–Crippen MR) is 84.9 cm³/mol. The molecule has 3 N–H and O–H groups in total. The van der Waals surface area contributed by atoms with Gasteiger partial charge in [0.1, 0.15) is 0 Å². The van der Waals surface area contributed by atoms with Crippen molar-refractivity contribution in [2.75, 3.05) is 18.4 Å². The van der Waals surface area contributed by atoms with Gasteiger partial charge in [0.2, 0.25) is 5.95 Å². The summed E-state index contributed by atoms with van der Waals surface area (Å²) in [6.07, 6.45) is -3.13. The molecule has 1 aromatic carbocycles. The molecular weight excluding hydrogens is 337 g/mol. The summed E-state index contributed by atoms with van der Waals surface area (Å²) in [5, 5.41) is 15.3. The van der Waals surface area contributed by atoms with Gasteiger partial charge in [0.15, 0.2) is 0 Å². The number of nitrogens with zero attached hydrogens (tertiary/aromatic N) is 2. The van der Waals surface area contributed by atoms with Crippen LogP contribution in [0.3, 0.4) is 0 Å². The van der Waals surface area contributed by atoms with Crippen LogP contribution in [0, 0.1) is 0 Å². The molecule has 0 saturated carbocycles. The number of amides is 1. The third-order valence-electron chi connectivity index (χ3n) is 3.30. The molecule has 0 spiro atoms. The van der Waals surface area contributed by atoms with Gasteiger partial charge >= 0.3 is 6.18 Å². The lowest BCUT2D eigenvalue weighted by Crippen LogP contribution is -2.28. The zero-order valence-electron chi connectivity index (χ0n) is 13.3. The molecule has 2 aromatic rings. The highest BCUT2D eigenvalue weighted by atomic mass is 19.4. The van der Waals surface area contributed by atoms with Crippen LogP contribution in [-0.2, 0) is 6.18 Å².